The molecule has 0 atom stereocenters. The van der Waals surface area contributed by atoms with Crippen molar-refractivity contribution in [2.24, 2.45) is 0 Å². The largest absolute Gasteiger partial charge is 0.481 e. The molecular formula is C12H17NO4S. The van der Waals surface area contributed by atoms with Crippen LogP contribution in [0, 0.1) is 0 Å². The second-order valence-electron chi connectivity index (χ2n) is 4.06. The number of carbonyl (C=O) groups is 2. The van der Waals surface area contributed by atoms with Crippen LogP contribution in [0.25, 0.3) is 0 Å². The molecule has 0 spiro atoms. The van der Waals surface area contributed by atoms with Crippen molar-refractivity contribution in [1.82, 2.24) is 5.32 Å². The van der Waals surface area contributed by atoms with Crippen LogP contribution in [0.4, 0.5) is 0 Å². The summed E-state index contributed by atoms with van der Waals surface area (Å²) in [7, 11) is 0. The lowest BCUT2D eigenvalue weighted by molar-refractivity contribution is -0.133. The number of rotatable bonds is 7. The van der Waals surface area contributed by atoms with Crippen molar-refractivity contribution in [2.45, 2.75) is 19.8 Å². The van der Waals surface area contributed by atoms with Gasteiger partial charge in [0, 0.05) is 18.2 Å². The first-order valence-electron chi connectivity index (χ1n) is 5.67. The number of thioether (sulfide) groups is 1. The topological polar surface area (TPSA) is 79.5 Å². The van der Waals surface area contributed by atoms with E-state index in [1.807, 2.05) is 13.8 Å². The fraction of sp³-hybridized carbons (Fsp3) is 0.500. The maximum absolute atomic E-state index is 11.8. The van der Waals surface area contributed by atoms with Gasteiger partial charge in [-0.15, -0.1) is 11.8 Å². The lowest BCUT2D eigenvalue weighted by atomic mass is 10.1. The standard InChI is InChI=1S/C12H17NO4S/c1-8(2)11-9(3-5-17-11)12(16)13-4-6-18-7-10(14)15/h3,5,8H,4,6-7H2,1-2H3,(H,13,16)(H,14,15). The van der Waals surface area contributed by atoms with E-state index in [0.717, 1.165) is 0 Å². The molecule has 1 amide bonds. The van der Waals surface area contributed by atoms with E-state index in [1.165, 1.54) is 18.0 Å². The number of aliphatic carboxylic acids is 1. The Labute approximate surface area is 110 Å². The molecule has 1 aromatic heterocycles. The van der Waals surface area contributed by atoms with Crippen LogP contribution in [0.15, 0.2) is 16.7 Å². The fourth-order valence-corrected chi connectivity index (χ4v) is 2.01. The smallest absolute Gasteiger partial charge is 0.313 e. The van der Waals surface area contributed by atoms with Crippen molar-refractivity contribution in [2.75, 3.05) is 18.1 Å². The lowest BCUT2D eigenvalue weighted by Crippen LogP contribution is -2.26. The Morgan fingerprint density at radius 1 is 1.50 bits per heavy atom. The Kier molecular flexibility index (Phi) is 5.77. The SMILES string of the molecule is CC(C)c1occc1C(=O)NCCSCC(=O)O. The Morgan fingerprint density at radius 2 is 2.22 bits per heavy atom. The van der Waals surface area contributed by atoms with E-state index < -0.39 is 5.97 Å². The first kappa shape index (κ1) is 14.6. The Morgan fingerprint density at radius 3 is 2.83 bits per heavy atom. The summed E-state index contributed by atoms with van der Waals surface area (Å²) < 4.78 is 5.26. The lowest BCUT2D eigenvalue weighted by Gasteiger charge is -2.06. The van der Waals surface area contributed by atoms with Crippen molar-refractivity contribution < 1.29 is 19.1 Å². The summed E-state index contributed by atoms with van der Waals surface area (Å²) >= 11 is 1.27. The van der Waals surface area contributed by atoms with Gasteiger partial charge in [0.2, 0.25) is 0 Å². The minimum atomic E-state index is -0.844. The Bertz CT molecular complexity index is 414. The van der Waals surface area contributed by atoms with Gasteiger partial charge in [-0.05, 0) is 6.07 Å². The monoisotopic (exact) mass is 271 g/mol. The van der Waals surface area contributed by atoms with E-state index in [9.17, 15) is 9.59 Å². The fourth-order valence-electron chi connectivity index (χ4n) is 1.45. The number of hydrogen-bond donors (Lipinski definition) is 2. The van der Waals surface area contributed by atoms with Crippen molar-refractivity contribution in [1.29, 1.82) is 0 Å². The molecular weight excluding hydrogens is 254 g/mol. The molecule has 0 aliphatic rings. The second-order valence-corrected chi connectivity index (χ2v) is 5.16. The number of carboxylic acid groups (broad SMARTS) is 1. The van der Waals surface area contributed by atoms with E-state index >= 15 is 0 Å². The highest BCUT2D eigenvalue weighted by atomic mass is 32.2. The molecule has 2 N–H and O–H groups in total. The molecule has 0 aromatic carbocycles. The third-order valence-electron chi connectivity index (χ3n) is 2.22. The molecule has 0 fully saturated rings. The maximum atomic E-state index is 11.8. The van der Waals surface area contributed by atoms with Crippen molar-refractivity contribution in [3.05, 3.63) is 23.7 Å². The van der Waals surface area contributed by atoms with Crippen molar-refractivity contribution >= 4 is 23.6 Å². The average Bonchev–Trinajstić information content (AvgIpc) is 2.76. The average molecular weight is 271 g/mol. The molecule has 0 bridgehead atoms. The minimum absolute atomic E-state index is 0.0544. The number of furan rings is 1. The van der Waals surface area contributed by atoms with E-state index in [2.05, 4.69) is 5.32 Å². The molecule has 0 radical (unpaired) electrons. The zero-order valence-corrected chi connectivity index (χ0v) is 11.3. The summed E-state index contributed by atoms with van der Waals surface area (Å²) in [6, 6.07) is 1.65. The third-order valence-corrected chi connectivity index (χ3v) is 3.17. The van der Waals surface area contributed by atoms with Crippen molar-refractivity contribution in [3.63, 3.8) is 0 Å². The zero-order valence-electron chi connectivity index (χ0n) is 10.4. The van der Waals surface area contributed by atoms with Crippen LogP contribution in [0.3, 0.4) is 0 Å². The molecule has 18 heavy (non-hydrogen) atoms. The Balaban J connectivity index is 2.36. The van der Waals surface area contributed by atoms with Gasteiger partial charge in [-0.3, -0.25) is 9.59 Å². The molecule has 6 heteroatoms. The summed E-state index contributed by atoms with van der Waals surface area (Å²) in [5.74, 6) is 0.436. The third kappa shape index (κ3) is 4.44. The first-order valence-corrected chi connectivity index (χ1v) is 6.83. The molecule has 5 nitrogen and oxygen atoms in total. The molecule has 0 saturated carbocycles. The quantitative estimate of drug-likeness (QED) is 0.741. The van der Waals surface area contributed by atoms with E-state index in [4.69, 9.17) is 9.52 Å². The van der Waals surface area contributed by atoms with Gasteiger partial charge in [0.25, 0.3) is 5.91 Å². The number of hydrogen-bond acceptors (Lipinski definition) is 4. The number of nitrogens with one attached hydrogen (secondary N) is 1. The summed E-state index contributed by atoms with van der Waals surface area (Å²) in [6.07, 6.45) is 1.50. The summed E-state index contributed by atoms with van der Waals surface area (Å²) in [6.45, 7) is 4.36. The molecule has 0 aliphatic heterocycles. The highest BCUT2D eigenvalue weighted by Gasteiger charge is 2.16. The summed E-state index contributed by atoms with van der Waals surface area (Å²) in [5, 5.41) is 11.2. The van der Waals surface area contributed by atoms with Crippen LogP contribution in [0.1, 0.15) is 35.9 Å². The van der Waals surface area contributed by atoms with Gasteiger partial charge in [-0.1, -0.05) is 13.8 Å². The molecule has 0 unspecified atom stereocenters. The Hall–Kier alpha value is -1.43. The van der Waals surface area contributed by atoms with Crippen LogP contribution in [-0.4, -0.2) is 35.0 Å². The van der Waals surface area contributed by atoms with Crippen LogP contribution >= 0.6 is 11.8 Å². The zero-order chi connectivity index (χ0) is 13.5. The van der Waals surface area contributed by atoms with Gasteiger partial charge >= 0.3 is 5.97 Å². The molecule has 1 aromatic rings. The van der Waals surface area contributed by atoms with Crippen LogP contribution < -0.4 is 5.32 Å². The first-order chi connectivity index (χ1) is 8.52. The van der Waals surface area contributed by atoms with E-state index in [1.54, 1.807) is 6.07 Å². The van der Waals surface area contributed by atoms with Gasteiger partial charge < -0.3 is 14.8 Å². The number of amides is 1. The van der Waals surface area contributed by atoms with Gasteiger partial charge in [0.05, 0.1) is 17.6 Å². The number of carbonyl (C=O) groups excluding carboxylic acids is 1. The van der Waals surface area contributed by atoms with Crippen LogP contribution in [0.5, 0.6) is 0 Å². The summed E-state index contributed by atoms with van der Waals surface area (Å²) in [4.78, 5) is 22.1. The molecule has 100 valence electrons. The number of carboxylic acids is 1. The highest BCUT2D eigenvalue weighted by molar-refractivity contribution is 7.99. The summed E-state index contributed by atoms with van der Waals surface area (Å²) in [5.41, 5.74) is 0.549. The van der Waals surface area contributed by atoms with Gasteiger partial charge in [-0.25, -0.2) is 0 Å². The van der Waals surface area contributed by atoms with Crippen LogP contribution in [0.2, 0.25) is 0 Å². The molecule has 0 aliphatic carbocycles. The van der Waals surface area contributed by atoms with E-state index in [-0.39, 0.29) is 17.6 Å². The maximum Gasteiger partial charge on any atom is 0.313 e. The van der Waals surface area contributed by atoms with Gasteiger partial charge in [-0.2, -0.15) is 0 Å². The predicted molar refractivity (Wildman–Crippen MR) is 70.1 cm³/mol. The van der Waals surface area contributed by atoms with Crippen molar-refractivity contribution in [3.8, 4) is 0 Å². The highest BCUT2D eigenvalue weighted by Crippen LogP contribution is 2.20. The van der Waals surface area contributed by atoms with Gasteiger partial charge in [0.15, 0.2) is 0 Å². The molecule has 1 rings (SSSR count). The minimum Gasteiger partial charge on any atom is -0.481 e. The van der Waals surface area contributed by atoms with Gasteiger partial charge in [0.1, 0.15) is 5.76 Å². The normalized spacial score (nSPS) is 10.6. The molecule has 1 heterocycles. The van der Waals surface area contributed by atoms with Crippen LogP contribution in [-0.2, 0) is 4.79 Å². The van der Waals surface area contributed by atoms with E-state index in [0.29, 0.717) is 23.6 Å². The second kappa shape index (κ2) is 7.10. The molecule has 0 saturated heterocycles. The predicted octanol–water partition coefficient (Wildman–Crippen LogP) is 1.95.